The topological polar surface area (TPSA) is 74.5 Å². The summed E-state index contributed by atoms with van der Waals surface area (Å²) in [7, 11) is 3.86. The summed E-state index contributed by atoms with van der Waals surface area (Å²) in [4.78, 5) is 16.1. The zero-order valence-electron chi connectivity index (χ0n) is 14.2. The lowest BCUT2D eigenvalue weighted by atomic mass is 10.1. The molecule has 2 rings (SSSR count). The van der Waals surface area contributed by atoms with E-state index in [0.717, 1.165) is 24.2 Å². The van der Waals surface area contributed by atoms with Gasteiger partial charge in [0.15, 0.2) is 0 Å². The minimum atomic E-state index is -0.0747. The summed E-state index contributed by atoms with van der Waals surface area (Å²) in [6, 6.07) is 5.58. The van der Waals surface area contributed by atoms with Crippen molar-refractivity contribution in [3.8, 4) is 0 Å². The summed E-state index contributed by atoms with van der Waals surface area (Å²) in [6.45, 7) is 7.42. The Kier molecular flexibility index (Phi) is 5.92. The molecule has 0 aliphatic rings. The number of nitrogens with zero attached hydrogens (tertiary/aromatic N) is 4. The third-order valence-electron chi connectivity index (χ3n) is 3.85. The number of urea groups is 1. The van der Waals surface area contributed by atoms with Crippen LogP contribution in [0.4, 0.5) is 4.79 Å². The molecule has 0 saturated carbocycles. The molecule has 1 heterocycles. The molecule has 1 N–H and O–H groups in total. The van der Waals surface area contributed by atoms with Crippen LogP contribution in [-0.2, 0) is 6.54 Å². The summed E-state index contributed by atoms with van der Waals surface area (Å²) in [5, 5.41) is 10.6. The minimum absolute atomic E-state index is 0.0747. The van der Waals surface area contributed by atoms with Crippen LogP contribution in [0.2, 0.25) is 0 Å². The summed E-state index contributed by atoms with van der Waals surface area (Å²) in [5.41, 5.74) is 2.41. The summed E-state index contributed by atoms with van der Waals surface area (Å²) < 4.78 is 4.68. The van der Waals surface area contributed by atoms with E-state index < -0.39 is 0 Å². The molecule has 1 aromatic heterocycles. The van der Waals surface area contributed by atoms with E-state index in [9.17, 15) is 4.79 Å². The molecular formula is C16H25N5O2. The van der Waals surface area contributed by atoms with Crippen LogP contribution in [0.15, 0.2) is 22.8 Å². The predicted octanol–water partition coefficient (Wildman–Crippen LogP) is 1.95. The lowest BCUT2D eigenvalue weighted by Gasteiger charge is -2.22. The van der Waals surface area contributed by atoms with Gasteiger partial charge in [-0.05, 0) is 47.5 Å². The Labute approximate surface area is 136 Å². The molecule has 1 aromatic carbocycles. The van der Waals surface area contributed by atoms with Crippen molar-refractivity contribution < 1.29 is 9.42 Å². The monoisotopic (exact) mass is 319 g/mol. The van der Waals surface area contributed by atoms with Crippen molar-refractivity contribution >= 4 is 17.1 Å². The Bertz CT molecular complexity index is 642. The third kappa shape index (κ3) is 4.92. The first-order valence-electron chi connectivity index (χ1n) is 7.88. The van der Waals surface area contributed by atoms with Gasteiger partial charge in [-0.2, -0.15) is 0 Å². The fraction of sp³-hybridized carbons (Fsp3) is 0.562. The molecule has 0 saturated heterocycles. The third-order valence-corrected chi connectivity index (χ3v) is 3.85. The van der Waals surface area contributed by atoms with Crippen LogP contribution in [0.3, 0.4) is 0 Å². The van der Waals surface area contributed by atoms with E-state index in [1.807, 2.05) is 18.2 Å². The molecule has 0 aliphatic heterocycles. The molecular weight excluding hydrogens is 294 g/mol. The first kappa shape index (κ1) is 17.2. The van der Waals surface area contributed by atoms with E-state index in [0.29, 0.717) is 24.5 Å². The van der Waals surface area contributed by atoms with E-state index in [2.05, 4.69) is 46.1 Å². The Hall–Kier alpha value is -2.15. The second-order valence-electron chi connectivity index (χ2n) is 6.09. The number of nitrogens with one attached hydrogen (secondary N) is 1. The van der Waals surface area contributed by atoms with Crippen LogP contribution in [0.25, 0.3) is 11.0 Å². The zero-order valence-corrected chi connectivity index (χ0v) is 14.2. The Balaban J connectivity index is 1.82. The van der Waals surface area contributed by atoms with Gasteiger partial charge < -0.3 is 15.1 Å². The van der Waals surface area contributed by atoms with E-state index in [1.54, 1.807) is 11.9 Å². The van der Waals surface area contributed by atoms with Crippen LogP contribution in [0, 0.1) is 5.92 Å². The number of hydrogen-bond donors (Lipinski definition) is 1. The molecule has 2 amide bonds. The van der Waals surface area contributed by atoms with Crippen LogP contribution < -0.4 is 5.32 Å². The van der Waals surface area contributed by atoms with Crippen molar-refractivity contribution in [3.63, 3.8) is 0 Å². The highest BCUT2D eigenvalue weighted by atomic mass is 16.6. The molecule has 0 fully saturated rings. The van der Waals surface area contributed by atoms with E-state index in [4.69, 9.17) is 0 Å². The minimum Gasteiger partial charge on any atom is -0.338 e. The van der Waals surface area contributed by atoms with Crippen LogP contribution in [0.1, 0.15) is 19.4 Å². The average Bonchev–Trinajstić information content (AvgIpc) is 2.99. The smallest absolute Gasteiger partial charge is 0.317 e. The molecule has 0 radical (unpaired) electrons. The lowest BCUT2D eigenvalue weighted by molar-refractivity contribution is 0.203. The first-order chi connectivity index (χ1) is 11.0. The van der Waals surface area contributed by atoms with E-state index >= 15 is 0 Å². The number of amides is 2. The van der Waals surface area contributed by atoms with Gasteiger partial charge in [-0.25, -0.2) is 9.42 Å². The number of rotatable bonds is 7. The largest absolute Gasteiger partial charge is 0.338 e. The van der Waals surface area contributed by atoms with Crippen LogP contribution in [-0.4, -0.2) is 59.9 Å². The maximum atomic E-state index is 12.2. The maximum absolute atomic E-state index is 12.2. The molecule has 0 spiro atoms. The van der Waals surface area contributed by atoms with Gasteiger partial charge >= 0.3 is 6.03 Å². The second kappa shape index (κ2) is 7.92. The Morgan fingerprint density at radius 3 is 2.78 bits per heavy atom. The highest BCUT2D eigenvalue weighted by molar-refractivity contribution is 5.75. The number of benzene rings is 1. The summed E-state index contributed by atoms with van der Waals surface area (Å²) >= 11 is 0. The number of hydrogen-bond acceptors (Lipinski definition) is 5. The molecule has 23 heavy (non-hydrogen) atoms. The second-order valence-corrected chi connectivity index (χ2v) is 6.09. The van der Waals surface area contributed by atoms with Gasteiger partial charge in [-0.3, -0.25) is 0 Å². The standard InChI is InChI=1S/C16H25N5O2/c1-5-20(3)10-12(2)9-17-16(22)21(4)11-13-6-7-14-15(8-13)19-23-18-14/h6-8,12H,5,9-11H2,1-4H3,(H,17,22). The molecule has 1 atom stereocenters. The number of fused-ring (bicyclic) bond motifs is 1. The molecule has 7 nitrogen and oxygen atoms in total. The summed E-state index contributed by atoms with van der Waals surface area (Å²) in [6.07, 6.45) is 0. The van der Waals surface area contributed by atoms with Crippen molar-refractivity contribution in [2.45, 2.75) is 20.4 Å². The first-order valence-corrected chi connectivity index (χ1v) is 7.88. The van der Waals surface area contributed by atoms with Gasteiger partial charge in [-0.1, -0.05) is 19.9 Å². The quantitative estimate of drug-likeness (QED) is 0.844. The molecule has 0 bridgehead atoms. The van der Waals surface area contributed by atoms with Gasteiger partial charge in [0.25, 0.3) is 0 Å². The molecule has 0 aliphatic carbocycles. The van der Waals surface area contributed by atoms with Gasteiger partial charge in [0.1, 0.15) is 11.0 Å². The molecule has 7 heteroatoms. The van der Waals surface area contributed by atoms with E-state index in [-0.39, 0.29) is 6.03 Å². The van der Waals surface area contributed by atoms with Gasteiger partial charge in [-0.15, -0.1) is 0 Å². The van der Waals surface area contributed by atoms with Crippen LogP contribution in [0.5, 0.6) is 0 Å². The number of carbonyl (C=O) groups is 1. The van der Waals surface area contributed by atoms with Gasteiger partial charge in [0.2, 0.25) is 0 Å². The van der Waals surface area contributed by atoms with Crippen LogP contribution >= 0.6 is 0 Å². The predicted molar refractivity (Wildman–Crippen MR) is 89.0 cm³/mol. The van der Waals surface area contributed by atoms with Gasteiger partial charge in [0.05, 0.1) is 0 Å². The normalized spacial score (nSPS) is 12.6. The van der Waals surface area contributed by atoms with E-state index in [1.165, 1.54) is 0 Å². The molecule has 2 aromatic rings. The van der Waals surface area contributed by atoms with Crippen molar-refractivity contribution in [1.29, 1.82) is 0 Å². The average molecular weight is 319 g/mol. The lowest BCUT2D eigenvalue weighted by Crippen LogP contribution is -2.40. The fourth-order valence-electron chi connectivity index (χ4n) is 2.39. The maximum Gasteiger partial charge on any atom is 0.317 e. The summed E-state index contributed by atoms with van der Waals surface area (Å²) in [5.74, 6) is 0.412. The van der Waals surface area contributed by atoms with Crippen molar-refractivity contribution in [2.75, 3.05) is 33.7 Å². The SMILES string of the molecule is CCN(C)CC(C)CNC(=O)N(C)Cc1ccc2nonc2c1. The molecule has 1 unspecified atom stereocenters. The van der Waals surface area contributed by atoms with Crippen molar-refractivity contribution in [1.82, 2.24) is 25.4 Å². The highest BCUT2D eigenvalue weighted by Gasteiger charge is 2.12. The Morgan fingerprint density at radius 2 is 2.04 bits per heavy atom. The zero-order chi connectivity index (χ0) is 16.8. The molecule has 126 valence electrons. The number of aromatic nitrogens is 2. The van der Waals surface area contributed by atoms with Crippen molar-refractivity contribution in [3.05, 3.63) is 23.8 Å². The van der Waals surface area contributed by atoms with Gasteiger partial charge in [0, 0.05) is 26.7 Å². The van der Waals surface area contributed by atoms with Crippen molar-refractivity contribution in [2.24, 2.45) is 5.92 Å². The highest BCUT2D eigenvalue weighted by Crippen LogP contribution is 2.13. The Morgan fingerprint density at radius 1 is 1.30 bits per heavy atom. The fourth-order valence-corrected chi connectivity index (χ4v) is 2.39. The number of carbonyl (C=O) groups excluding carboxylic acids is 1.